The Morgan fingerprint density at radius 1 is 1.06 bits per heavy atom. The smallest absolute Gasteiger partial charge is 0.294 e. The zero-order valence-corrected chi connectivity index (χ0v) is 21.2. The number of imide groups is 1. The minimum Gasteiger partial charge on any atom is -0.493 e. The number of rotatable bonds is 8. The van der Waals surface area contributed by atoms with Crippen LogP contribution in [0, 0.1) is 6.92 Å². The molecule has 0 atom stereocenters. The van der Waals surface area contributed by atoms with Gasteiger partial charge in [-0.3, -0.25) is 19.3 Å². The Morgan fingerprint density at radius 3 is 2.56 bits per heavy atom. The number of methoxy groups -OCH3 is 1. The molecular formula is C27H23ClN2O5S. The third-order valence-electron chi connectivity index (χ3n) is 5.35. The first kappa shape index (κ1) is 25.3. The zero-order valence-electron chi connectivity index (χ0n) is 19.6. The maximum Gasteiger partial charge on any atom is 0.294 e. The summed E-state index contributed by atoms with van der Waals surface area (Å²) in [6.45, 7) is 1.83. The molecule has 3 aromatic carbocycles. The number of halogens is 1. The second-order valence-electron chi connectivity index (χ2n) is 7.96. The lowest BCUT2D eigenvalue weighted by atomic mass is 10.1. The fraction of sp³-hybridized carbons (Fsp3) is 0.148. The molecule has 1 N–H and O–H groups in total. The van der Waals surface area contributed by atoms with Crippen LogP contribution in [-0.4, -0.2) is 35.6 Å². The van der Waals surface area contributed by atoms with Crippen molar-refractivity contribution in [1.82, 2.24) is 4.90 Å². The number of aryl methyl sites for hydroxylation is 1. The van der Waals surface area contributed by atoms with Crippen LogP contribution in [0.2, 0.25) is 5.02 Å². The highest BCUT2D eigenvalue weighted by atomic mass is 35.5. The number of nitrogens with one attached hydrogen (secondary N) is 1. The van der Waals surface area contributed by atoms with Crippen LogP contribution in [0.15, 0.2) is 71.6 Å². The van der Waals surface area contributed by atoms with Gasteiger partial charge in [-0.15, -0.1) is 0 Å². The van der Waals surface area contributed by atoms with Crippen LogP contribution in [0.4, 0.5) is 10.5 Å². The molecule has 3 amide bonds. The lowest BCUT2D eigenvalue weighted by molar-refractivity contribution is -0.127. The van der Waals surface area contributed by atoms with E-state index >= 15 is 0 Å². The van der Waals surface area contributed by atoms with Gasteiger partial charge in [0.1, 0.15) is 13.2 Å². The average Bonchev–Trinajstić information content (AvgIpc) is 3.13. The maximum atomic E-state index is 12.8. The lowest BCUT2D eigenvalue weighted by Gasteiger charge is -2.13. The molecule has 9 heteroatoms. The van der Waals surface area contributed by atoms with Gasteiger partial charge in [-0.05, 0) is 65.7 Å². The SMILES string of the molecule is COc1cc(/C=C2/SC(=O)N(CC(=O)Nc3ccc(C)c(Cl)c3)C2=O)ccc1OCc1ccccc1. The van der Waals surface area contributed by atoms with Gasteiger partial charge < -0.3 is 14.8 Å². The van der Waals surface area contributed by atoms with E-state index in [4.69, 9.17) is 21.1 Å². The van der Waals surface area contributed by atoms with Crippen molar-refractivity contribution in [2.75, 3.05) is 19.0 Å². The molecule has 0 aromatic heterocycles. The van der Waals surface area contributed by atoms with Gasteiger partial charge in [-0.2, -0.15) is 0 Å². The average molecular weight is 523 g/mol. The minimum absolute atomic E-state index is 0.214. The number of carbonyl (C=O) groups is 3. The molecule has 0 unspecified atom stereocenters. The highest BCUT2D eigenvalue weighted by molar-refractivity contribution is 8.18. The summed E-state index contributed by atoms with van der Waals surface area (Å²) in [5.41, 5.74) is 3.04. The number of amides is 3. The Labute approximate surface area is 218 Å². The summed E-state index contributed by atoms with van der Waals surface area (Å²) in [5, 5.41) is 2.65. The predicted molar refractivity (Wildman–Crippen MR) is 141 cm³/mol. The highest BCUT2D eigenvalue weighted by Crippen LogP contribution is 2.35. The van der Waals surface area contributed by atoms with Crippen LogP contribution >= 0.6 is 23.4 Å². The van der Waals surface area contributed by atoms with E-state index < -0.39 is 23.6 Å². The van der Waals surface area contributed by atoms with Gasteiger partial charge in [0, 0.05) is 10.7 Å². The second-order valence-corrected chi connectivity index (χ2v) is 9.36. The quantitative estimate of drug-likeness (QED) is 0.370. The second kappa shape index (κ2) is 11.3. The number of nitrogens with zero attached hydrogens (tertiary/aromatic N) is 1. The molecule has 1 fully saturated rings. The number of benzene rings is 3. The van der Waals surface area contributed by atoms with E-state index in [1.165, 1.54) is 7.11 Å². The van der Waals surface area contributed by atoms with E-state index in [9.17, 15) is 14.4 Å². The first-order chi connectivity index (χ1) is 17.3. The fourth-order valence-electron chi connectivity index (χ4n) is 3.43. The van der Waals surface area contributed by atoms with Gasteiger partial charge >= 0.3 is 0 Å². The molecule has 36 heavy (non-hydrogen) atoms. The van der Waals surface area contributed by atoms with Crippen LogP contribution < -0.4 is 14.8 Å². The summed E-state index contributed by atoms with van der Waals surface area (Å²) in [6.07, 6.45) is 1.59. The Hall–Kier alpha value is -3.75. The van der Waals surface area contributed by atoms with Gasteiger partial charge in [0.15, 0.2) is 11.5 Å². The number of hydrogen-bond acceptors (Lipinski definition) is 6. The van der Waals surface area contributed by atoms with Crippen LogP contribution in [-0.2, 0) is 16.2 Å². The molecule has 0 radical (unpaired) electrons. The van der Waals surface area contributed by atoms with Gasteiger partial charge in [-0.1, -0.05) is 54.1 Å². The number of hydrogen-bond donors (Lipinski definition) is 1. The van der Waals surface area contributed by atoms with Crippen molar-refractivity contribution in [3.05, 3.63) is 93.3 Å². The number of carbonyl (C=O) groups excluding carboxylic acids is 3. The van der Waals surface area contributed by atoms with Crippen molar-refractivity contribution in [2.45, 2.75) is 13.5 Å². The van der Waals surface area contributed by atoms with Crippen molar-refractivity contribution < 1.29 is 23.9 Å². The lowest BCUT2D eigenvalue weighted by Crippen LogP contribution is -2.36. The van der Waals surface area contributed by atoms with Crippen LogP contribution in [0.3, 0.4) is 0 Å². The number of thioether (sulfide) groups is 1. The predicted octanol–water partition coefficient (Wildman–Crippen LogP) is 5.91. The van der Waals surface area contributed by atoms with E-state index in [2.05, 4.69) is 5.32 Å². The van der Waals surface area contributed by atoms with Crippen LogP contribution in [0.25, 0.3) is 6.08 Å². The summed E-state index contributed by atoms with van der Waals surface area (Å²) < 4.78 is 11.3. The summed E-state index contributed by atoms with van der Waals surface area (Å²) >= 11 is 6.87. The van der Waals surface area contributed by atoms with Crippen molar-refractivity contribution in [3.8, 4) is 11.5 Å². The highest BCUT2D eigenvalue weighted by Gasteiger charge is 2.36. The Morgan fingerprint density at radius 2 is 1.83 bits per heavy atom. The van der Waals surface area contributed by atoms with Gasteiger partial charge in [-0.25, -0.2) is 0 Å². The normalized spacial score (nSPS) is 14.3. The molecule has 1 aliphatic heterocycles. The van der Waals surface area contributed by atoms with Crippen molar-refractivity contribution in [2.24, 2.45) is 0 Å². The molecule has 1 aliphatic rings. The van der Waals surface area contributed by atoms with E-state index in [1.807, 2.05) is 37.3 Å². The van der Waals surface area contributed by atoms with E-state index in [0.29, 0.717) is 34.4 Å². The summed E-state index contributed by atoms with van der Waals surface area (Å²) in [4.78, 5) is 38.9. The summed E-state index contributed by atoms with van der Waals surface area (Å²) in [6, 6.07) is 20.1. The molecule has 1 heterocycles. The van der Waals surface area contributed by atoms with E-state index in [-0.39, 0.29) is 4.91 Å². The van der Waals surface area contributed by atoms with Crippen molar-refractivity contribution in [3.63, 3.8) is 0 Å². The summed E-state index contributed by atoms with van der Waals surface area (Å²) in [5.74, 6) is 0.0139. The molecule has 4 rings (SSSR count). The molecular weight excluding hydrogens is 500 g/mol. The molecule has 0 bridgehead atoms. The third-order valence-corrected chi connectivity index (χ3v) is 6.67. The molecule has 3 aromatic rings. The van der Waals surface area contributed by atoms with E-state index in [1.54, 1.807) is 42.5 Å². The fourth-order valence-corrected chi connectivity index (χ4v) is 4.45. The standard InChI is InChI=1S/C27H23ClN2O5S/c1-17-8-10-20(14-21(17)28)29-25(31)15-30-26(32)24(36-27(30)33)13-19-9-11-22(23(12-19)34-2)35-16-18-6-4-3-5-7-18/h3-14H,15-16H2,1-2H3,(H,29,31)/b24-13+. The largest absolute Gasteiger partial charge is 0.493 e. The Balaban J connectivity index is 1.42. The molecule has 7 nitrogen and oxygen atoms in total. The first-order valence-corrected chi connectivity index (χ1v) is 12.2. The van der Waals surface area contributed by atoms with Crippen molar-refractivity contribution in [1.29, 1.82) is 0 Å². The van der Waals surface area contributed by atoms with Gasteiger partial charge in [0.2, 0.25) is 5.91 Å². The minimum atomic E-state index is -0.537. The monoisotopic (exact) mass is 522 g/mol. The first-order valence-electron chi connectivity index (χ1n) is 11.0. The number of anilines is 1. The maximum absolute atomic E-state index is 12.8. The number of ether oxygens (including phenoxy) is 2. The third kappa shape index (κ3) is 6.08. The molecule has 0 aliphatic carbocycles. The molecule has 0 spiro atoms. The van der Waals surface area contributed by atoms with Gasteiger partial charge in [0.05, 0.1) is 12.0 Å². The van der Waals surface area contributed by atoms with E-state index in [0.717, 1.165) is 27.8 Å². The molecule has 1 saturated heterocycles. The van der Waals surface area contributed by atoms with Crippen LogP contribution in [0.1, 0.15) is 16.7 Å². The topological polar surface area (TPSA) is 84.9 Å². The zero-order chi connectivity index (χ0) is 25.7. The molecule has 184 valence electrons. The molecule has 0 saturated carbocycles. The Bertz CT molecular complexity index is 1340. The van der Waals surface area contributed by atoms with Crippen LogP contribution in [0.5, 0.6) is 11.5 Å². The Kier molecular flexibility index (Phi) is 7.97. The van der Waals surface area contributed by atoms with Crippen molar-refractivity contribution >= 4 is 52.2 Å². The van der Waals surface area contributed by atoms with Gasteiger partial charge in [0.25, 0.3) is 11.1 Å². The summed E-state index contributed by atoms with van der Waals surface area (Å²) in [7, 11) is 1.53.